The lowest BCUT2D eigenvalue weighted by Crippen LogP contribution is -2.40. The second-order valence-electron chi connectivity index (χ2n) is 4.13. The molecule has 1 heterocycles. The number of rotatable bonds is 5. The van der Waals surface area contributed by atoms with Crippen LogP contribution in [-0.2, 0) is 11.3 Å². The number of allylic oxidation sites excluding steroid dienone is 1. The minimum Gasteiger partial charge on any atom is -0.266 e. The molecular formula is C16H16N3O+. The lowest BCUT2D eigenvalue weighted by molar-refractivity contribution is -0.684. The number of amides is 1. The molecule has 1 N–H and O–H groups in total. The minimum atomic E-state index is -0.162. The molecule has 2 rings (SSSR count). The van der Waals surface area contributed by atoms with Gasteiger partial charge in [0.2, 0.25) is 6.54 Å². The third-order valence-corrected chi connectivity index (χ3v) is 2.54. The van der Waals surface area contributed by atoms with Crippen molar-refractivity contribution in [2.24, 2.45) is 5.10 Å². The Morgan fingerprint density at radius 3 is 2.55 bits per heavy atom. The Labute approximate surface area is 118 Å². The maximum absolute atomic E-state index is 11.6. The zero-order valence-corrected chi connectivity index (χ0v) is 11.0. The van der Waals surface area contributed by atoms with E-state index in [0.717, 1.165) is 5.56 Å². The molecule has 0 radical (unpaired) electrons. The van der Waals surface area contributed by atoms with E-state index in [1.165, 1.54) is 0 Å². The molecular weight excluding hydrogens is 250 g/mol. The van der Waals surface area contributed by atoms with Crippen LogP contribution in [0.4, 0.5) is 0 Å². The van der Waals surface area contributed by atoms with Crippen LogP contribution in [0.25, 0.3) is 6.08 Å². The SMILES string of the molecule is O=C(C[n+]1ccccc1)NN=CC=Cc1ccccc1. The van der Waals surface area contributed by atoms with E-state index in [4.69, 9.17) is 0 Å². The first kappa shape index (κ1) is 13.7. The number of hydrogen-bond donors (Lipinski definition) is 1. The van der Waals surface area contributed by atoms with E-state index in [1.54, 1.807) is 16.9 Å². The normalized spacial score (nSPS) is 11.0. The summed E-state index contributed by atoms with van der Waals surface area (Å²) in [6, 6.07) is 15.5. The van der Waals surface area contributed by atoms with Gasteiger partial charge in [-0.3, -0.25) is 4.79 Å². The van der Waals surface area contributed by atoms with Crippen LogP contribution < -0.4 is 9.99 Å². The van der Waals surface area contributed by atoms with Crippen molar-refractivity contribution < 1.29 is 9.36 Å². The fourth-order valence-electron chi connectivity index (χ4n) is 1.61. The van der Waals surface area contributed by atoms with Crippen molar-refractivity contribution in [2.75, 3.05) is 0 Å². The lowest BCUT2D eigenvalue weighted by Gasteiger charge is -1.95. The smallest absolute Gasteiger partial charge is 0.266 e. The molecule has 0 spiro atoms. The molecule has 0 bridgehead atoms. The highest BCUT2D eigenvalue weighted by atomic mass is 16.2. The monoisotopic (exact) mass is 266 g/mol. The van der Waals surface area contributed by atoms with Gasteiger partial charge >= 0.3 is 5.91 Å². The Morgan fingerprint density at radius 2 is 1.80 bits per heavy atom. The van der Waals surface area contributed by atoms with E-state index in [9.17, 15) is 4.79 Å². The van der Waals surface area contributed by atoms with Crippen LogP contribution in [-0.4, -0.2) is 12.1 Å². The molecule has 0 atom stereocenters. The van der Waals surface area contributed by atoms with Crippen LogP contribution in [0.15, 0.2) is 72.1 Å². The molecule has 1 aromatic carbocycles. The zero-order valence-electron chi connectivity index (χ0n) is 11.0. The Balaban J connectivity index is 1.76. The molecule has 0 aliphatic rings. The van der Waals surface area contributed by atoms with Crippen molar-refractivity contribution >= 4 is 18.2 Å². The first-order chi connectivity index (χ1) is 9.84. The van der Waals surface area contributed by atoms with Crippen molar-refractivity contribution in [1.29, 1.82) is 0 Å². The van der Waals surface area contributed by atoms with Crippen molar-refractivity contribution in [3.63, 3.8) is 0 Å². The van der Waals surface area contributed by atoms with E-state index < -0.39 is 0 Å². The van der Waals surface area contributed by atoms with Gasteiger partial charge in [0.15, 0.2) is 12.4 Å². The van der Waals surface area contributed by atoms with Crippen LogP contribution in [0.1, 0.15) is 5.56 Å². The highest BCUT2D eigenvalue weighted by Gasteiger charge is 2.05. The topological polar surface area (TPSA) is 45.3 Å². The summed E-state index contributed by atoms with van der Waals surface area (Å²) in [5, 5.41) is 3.86. The molecule has 1 aromatic heterocycles. The molecule has 0 saturated heterocycles. The van der Waals surface area contributed by atoms with Crippen molar-refractivity contribution in [3.05, 3.63) is 72.6 Å². The number of benzene rings is 1. The number of aromatic nitrogens is 1. The van der Waals surface area contributed by atoms with E-state index in [-0.39, 0.29) is 12.5 Å². The fourth-order valence-corrected chi connectivity index (χ4v) is 1.61. The van der Waals surface area contributed by atoms with Gasteiger partial charge in [-0.1, -0.05) is 42.5 Å². The molecule has 2 aromatic rings. The van der Waals surface area contributed by atoms with Crippen molar-refractivity contribution in [1.82, 2.24) is 5.43 Å². The van der Waals surface area contributed by atoms with Gasteiger partial charge in [-0.2, -0.15) is 9.67 Å². The number of hydrazone groups is 1. The Kier molecular flexibility index (Phi) is 5.22. The summed E-state index contributed by atoms with van der Waals surface area (Å²) in [6.45, 7) is 0.251. The summed E-state index contributed by atoms with van der Waals surface area (Å²) in [5.74, 6) is -0.162. The molecule has 0 fully saturated rings. The summed E-state index contributed by atoms with van der Waals surface area (Å²) in [6.07, 6.45) is 8.92. The highest BCUT2D eigenvalue weighted by Crippen LogP contribution is 1.99. The molecule has 100 valence electrons. The standard InChI is InChI=1S/C16H15N3O/c20-16(14-19-12-5-2-6-13-19)18-17-11-7-10-15-8-3-1-4-9-15/h1-13H,14H2/p+1. The third kappa shape index (κ3) is 4.86. The number of nitrogens with one attached hydrogen (secondary N) is 1. The first-order valence-electron chi connectivity index (χ1n) is 6.32. The average molecular weight is 266 g/mol. The number of carbonyl (C=O) groups excluding carboxylic acids is 1. The lowest BCUT2D eigenvalue weighted by atomic mass is 10.2. The second-order valence-corrected chi connectivity index (χ2v) is 4.13. The predicted octanol–water partition coefficient (Wildman–Crippen LogP) is 1.79. The van der Waals surface area contributed by atoms with Gasteiger partial charge in [0.05, 0.1) is 0 Å². The van der Waals surface area contributed by atoms with Gasteiger partial charge in [-0.05, 0) is 11.6 Å². The van der Waals surface area contributed by atoms with Crippen molar-refractivity contribution in [2.45, 2.75) is 6.54 Å². The summed E-state index contributed by atoms with van der Waals surface area (Å²) in [7, 11) is 0. The summed E-state index contributed by atoms with van der Waals surface area (Å²) < 4.78 is 1.78. The van der Waals surface area contributed by atoms with E-state index in [2.05, 4.69) is 10.5 Å². The quantitative estimate of drug-likeness (QED) is 0.500. The zero-order chi connectivity index (χ0) is 14.0. The number of nitrogens with zero attached hydrogens (tertiary/aromatic N) is 2. The Hall–Kier alpha value is -2.75. The maximum atomic E-state index is 11.6. The van der Waals surface area contributed by atoms with E-state index >= 15 is 0 Å². The largest absolute Gasteiger partial charge is 0.305 e. The van der Waals surface area contributed by atoms with Crippen LogP contribution in [0.2, 0.25) is 0 Å². The van der Waals surface area contributed by atoms with Crippen molar-refractivity contribution in [3.8, 4) is 0 Å². The minimum absolute atomic E-state index is 0.162. The summed E-state index contributed by atoms with van der Waals surface area (Å²) >= 11 is 0. The van der Waals surface area contributed by atoms with Gasteiger partial charge in [0.1, 0.15) is 0 Å². The highest BCUT2D eigenvalue weighted by molar-refractivity contribution is 5.80. The van der Waals surface area contributed by atoms with Crippen LogP contribution in [0, 0.1) is 0 Å². The molecule has 0 unspecified atom stereocenters. The van der Waals surface area contributed by atoms with Crippen LogP contribution in [0.5, 0.6) is 0 Å². The fraction of sp³-hybridized carbons (Fsp3) is 0.0625. The number of pyridine rings is 1. The van der Waals surface area contributed by atoms with Gasteiger partial charge in [-0.25, -0.2) is 5.43 Å². The summed E-state index contributed by atoms with van der Waals surface area (Å²) in [4.78, 5) is 11.6. The Morgan fingerprint density at radius 1 is 1.10 bits per heavy atom. The molecule has 4 heteroatoms. The molecule has 1 amide bonds. The van der Waals surface area contributed by atoms with Gasteiger partial charge in [0, 0.05) is 18.3 Å². The van der Waals surface area contributed by atoms with Gasteiger partial charge in [-0.15, -0.1) is 0 Å². The van der Waals surface area contributed by atoms with E-state index in [0.29, 0.717) is 0 Å². The molecule has 0 saturated carbocycles. The number of carbonyl (C=O) groups is 1. The molecule has 0 aliphatic heterocycles. The van der Waals surface area contributed by atoms with E-state index in [1.807, 2.05) is 67.0 Å². The van der Waals surface area contributed by atoms with Crippen LogP contribution in [0.3, 0.4) is 0 Å². The number of hydrogen-bond acceptors (Lipinski definition) is 2. The molecule has 0 aliphatic carbocycles. The first-order valence-corrected chi connectivity index (χ1v) is 6.32. The Bertz CT molecular complexity index is 592. The summed E-state index contributed by atoms with van der Waals surface area (Å²) in [5.41, 5.74) is 3.56. The van der Waals surface area contributed by atoms with Crippen LogP contribution >= 0.6 is 0 Å². The van der Waals surface area contributed by atoms with Gasteiger partial charge in [0.25, 0.3) is 0 Å². The predicted molar refractivity (Wildman–Crippen MR) is 78.7 cm³/mol. The third-order valence-electron chi connectivity index (χ3n) is 2.54. The second kappa shape index (κ2) is 7.63. The molecule has 4 nitrogen and oxygen atoms in total. The average Bonchev–Trinajstić information content (AvgIpc) is 2.49. The maximum Gasteiger partial charge on any atom is 0.305 e. The molecule has 20 heavy (non-hydrogen) atoms. The van der Waals surface area contributed by atoms with Gasteiger partial charge < -0.3 is 0 Å².